The molecule has 10 heteroatoms. The third kappa shape index (κ3) is 5.57. The highest BCUT2D eigenvalue weighted by molar-refractivity contribution is 6.30. The van der Waals surface area contributed by atoms with Crippen LogP contribution >= 0.6 is 11.6 Å². The fourth-order valence-corrected chi connectivity index (χ4v) is 3.28. The van der Waals surface area contributed by atoms with E-state index in [1.165, 1.54) is 17.0 Å². The maximum absolute atomic E-state index is 13.0. The molecule has 34 heavy (non-hydrogen) atoms. The van der Waals surface area contributed by atoms with E-state index in [0.29, 0.717) is 22.2 Å². The van der Waals surface area contributed by atoms with Gasteiger partial charge < -0.3 is 14.5 Å². The van der Waals surface area contributed by atoms with Crippen LogP contribution in [0.2, 0.25) is 5.02 Å². The number of halogens is 1. The van der Waals surface area contributed by atoms with E-state index in [1.807, 2.05) is 49.4 Å². The van der Waals surface area contributed by atoms with Crippen molar-refractivity contribution in [1.29, 1.82) is 0 Å². The predicted molar refractivity (Wildman–Crippen MR) is 125 cm³/mol. The van der Waals surface area contributed by atoms with Crippen LogP contribution < -0.4 is 5.32 Å². The second-order valence-electron chi connectivity index (χ2n) is 7.24. The van der Waals surface area contributed by atoms with Crippen molar-refractivity contribution in [3.63, 3.8) is 0 Å². The van der Waals surface area contributed by atoms with Gasteiger partial charge in [0.05, 0.1) is 12.3 Å². The van der Waals surface area contributed by atoms with Crippen LogP contribution in [-0.2, 0) is 14.3 Å². The summed E-state index contributed by atoms with van der Waals surface area (Å²) < 4.78 is 11.9. The largest absolute Gasteiger partial charge is 0.465 e. The normalized spacial score (nSPS) is 12.2. The molecule has 0 aliphatic heterocycles. The summed E-state index contributed by atoms with van der Waals surface area (Å²) in [5.41, 5.74) is 1.54. The molecule has 1 amide bonds. The summed E-state index contributed by atoms with van der Waals surface area (Å²) in [6.07, 6.45) is 2.91. The number of amides is 1. The lowest BCUT2D eigenvalue weighted by Crippen LogP contribution is -2.31. The molecule has 0 saturated heterocycles. The number of carbonyl (C=O) groups is 2. The average Bonchev–Trinajstić information content (AvgIpc) is 3.54. The van der Waals surface area contributed by atoms with Crippen LogP contribution in [0.4, 0.5) is 0 Å². The number of hydrogen-bond donors (Lipinski definition) is 1. The minimum absolute atomic E-state index is 0.0163. The zero-order valence-corrected chi connectivity index (χ0v) is 18.8. The molecule has 2 aromatic heterocycles. The Kier molecular flexibility index (Phi) is 7.14. The fraction of sp³-hybridized carbons (Fsp3) is 0.125. The van der Waals surface area contributed by atoms with E-state index in [9.17, 15) is 9.59 Å². The summed E-state index contributed by atoms with van der Waals surface area (Å²) in [5.74, 6) is -0.540. The second-order valence-corrected chi connectivity index (χ2v) is 7.68. The molecule has 2 heterocycles. The Bertz CT molecular complexity index is 1280. The number of ether oxygens (including phenoxy) is 1. The first-order chi connectivity index (χ1) is 16.5. The van der Waals surface area contributed by atoms with Crippen molar-refractivity contribution in [2.24, 2.45) is 0 Å². The standard InChI is InChI=1S/C24H20ClN5O4/c1-16(17-9-11-19(25)12-10-17)26-22(31)15-34-24(32)21(14-20-8-5-13-33-20)30-23(27-28-29-30)18-6-3-2-4-7-18/h2-14,16H,15H2,1H3,(H,26,31)/b21-14-. The van der Waals surface area contributed by atoms with E-state index in [0.717, 1.165) is 5.56 Å². The lowest BCUT2D eigenvalue weighted by Gasteiger charge is -2.15. The van der Waals surface area contributed by atoms with Crippen LogP contribution in [0.1, 0.15) is 24.3 Å². The summed E-state index contributed by atoms with van der Waals surface area (Å²) in [6, 6.07) is 19.3. The maximum Gasteiger partial charge on any atom is 0.357 e. The van der Waals surface area contributed by atoms with E-state index in [2.05, 4.69) is 20.8 Å². The summed E-state index contributed by atoms with van der Waals surface area (Å²) in [5, 5.41) is 15.1. The molecular formula is C24H20ClN5O4. The molecule has 0 radical (unpaired) electrons. The maximum atomic E-state index is 13.0. The molecule has 0 saturated carbocycles. The number of aromatic nitrogens is 4. The Morgan fingerprint density at radius 1 is 1.12 bits per heavy atom. The Morgan fingerprint density at radius 2 is 1.88 bits per heavy atom. The number of nitrogens with zero attached hydrogens (tertiary/aromatic N) is 4. The number of tetrazole rings is 1. The lowest BCUT2D eigenvalue weighted by molar-refractivity contribution is -0.143. The van der Waals surface area contributed by atoms with Crippen LogP contribution in [0.15, 0.2) is 77.4 Å². The van der Waals surface area contributed by atoms with E-state index >= 15 is 0 Å². The van der Waals surface area contributed by atoms with Crippen molar-refractivity contribution in [2.45, 2.75) is 13.0 Å². The molecule has 1 unspecified atom stereocenters. The van der Waals surface area contributed by atoms with Crippen LogP contribution in [-0.4, -0.2) is 38.7 Å². The first-order valence-corrected chi connectivity index (χ1v) is 10.7. The summed E-state index contributed by atoms with van der Waals surface area (Å²) in [7, 11) is 0. The van der Waals surface area contributed by atoms with Gasteiger partial charge in [0.15, 0.2) is 18.1 Å². The molecular weight excluding hydrogens is 458 g/mol. The zero-order chi connectivity index (χ0) is 23.9. The molecule has 0 aliphatic rings. The molecule has 1 N–H and O–H groups in total. The highest BCUT2D eigenvalue weighted by Gasteiger charge is 2.22. The molecule has 0 aliphatic carbocycles. The topological polar surface area (TPSA) is 112 Å². The van der Waals surface area contributed by atoms with Crippen molar-refractivity contribution in [1.82, 2.24) is 25.5 Å². The quantitative estimate of drug-likeness (QED) is 0.301. The van der Waals surface area contributed by atoms with Crippen LogP contribution in [0.25, 0.3) is 23.2 Å². The predicted octanol–water partition coefficient (Wildman–Crippen LogP) is 4.01. The molecule has 0 fully saturated rings. The van der Waals surface area contributed by atoms with Gasteiger partial charge in [-0.05, 0) is 47.2 Å². The SMILES string of the molecule is CC(NC(=O)COC(=O)/C(=C/c1ccco1)n1nnnc1-c1ccccc1)c1ccc(Cl)cc1. The molecule has 1 atom stereocenters. The zero-order valence-electron chi connectivity index (χ0n) is 18.1. The highest BCUT2D eigenvalue weighted by Crippen LogP contribution is 2.21. The van der Waals surface area contributed by atoms with Gasteiger partial charge in [-0.15, -0.1) is 5.10 Å². The number of hydrogen-bond acceptors (Lipinski definition) is 7. The van der Waals surface area contributed by atoms with Gasteiger partial charge in [-0.1, -0.05) is 54.1 Å². The number of benzene rings is 2. The van der Waals surface area contributed by atoms with Gasteiger partial charge in [-0.25, -0.2) is 4.79 Å². The Labute approximate surface area is 200 Å². The van der Waals surface area contributed by atoms with Crippen molar-refractivity contribution >= 4 is 35.3 Å². The van der Waals surface area contributed by atoms with Crippen LogP contribution in [0, 0.1) is 0 Å². The second kappa shape index (κ2) is 10.6. The van der Waals surface area contributed by atoms with Gasteiger partial charge in [-0.2, -0.15) is 4.68 Å². The average molecular weight is 478 g/mol. The van der Waals surface area contributed by atoms with Crippen molar-refractivity contribution in [3.8, 4) is 11.4 Å². The molecule has 172 valence electrons. The van der Waals surface area contributed by atoms with Crippen molar-refractivity contribution in [3.05, 3.63) is 89.3 Å². The number of esters is 1. The minimum Gasteiger partial charge on any atom is -0.465 e. The summed E-state index contributed by atoms with van der Waals surface area (Å²) in [4.78, 5) is 25.4. The summed E-state index contributed by atoms with van der Waals surface area (Å²) >= 11 is 5.91. The number of carbonyl (C=O) groups excluding carboxylic acids is 2. The first-order valence-electron chi connectivity index (χ1n) is 10.3. The Hall–Kier alpha value is -4.24. The van der Waals surface area contributed by atoms with E-state index < -0.39 is 18.5 Å². The van der Waals surface area contributed by atoms with Gasteiger partial charge in [0.1, 0.15) is 5.76 Å². The van der Waals surface area contributed by atoms with E-state index in [4.69, 9.17) is 20.8 Å². The van der Waals surface area contributed by atoms with Gasteiger partial charge in [0.25, 0.3) is 5.91 Å². The van der Waals surface area contributed by atoms with Crippen LogP contribution in [0.5, 0.6) is 0 Å². The van der Waals surface area contributed by atoms with Crippen molar-refractivity contribution in [2.75, 3.05) is 6.61 Å². The number of rotatable bonds is 8. The third-order valence-electron chi connectivity index (χ3n) is 4.84. The minimum atomic E-state index is -0.796. The molecule has 4 rings (SSSR count). The van der Waals surface area contributed by atoms with Crippen molar-refractivity contribution < 1.29 is 18.7 Å². The van der Waals surface area contributed by atoms with Gasteiger partial charge >= 0.3 is 5.97 Å². The lowest BCUT2D eigenvalue weighted by atomic mass is 10.1. The van der Waals surface area contributed by atoms with Gasteiger partial charge in [0.2, 0.25) is 0 Å². The number of nitrogens with one attached hydrogen (secondary N) is 1. The molecule has 4 aromatic rings. The molecule has 0 bridgehead atoms. The third-order valence-corrected chi connectivity index (χ3v) is 5.09. The Morgan fingerprint density at radius 3 is 2.59 bits per heavy atom. The summed E-state index contributed by atoms with van der Waals surface area (Å²) in [6.45, 7) is 1.33. The van der Waals surface area contributed by atoms with E-state index in [1.54, 1.807) is 24.3 Å². The molecule has 0 spiro atoms. The monoisotopic (exact) mass is 477 g/mol. The smallest absolute Gasteiger partial charge is 0.357 e. The fourth-order valence-electron chi connectivity index (χ4n) is 3.15. The molecule has 2 aromatic carbocycles. The van der Waals surface area contributed by atoms with Gasteiger partial charge in [-0.3, -0.25) is 4.79 Å². The van der Waals surface area contributed by atoms with Gasteiger partial charge in [0, 0.05) is 16.7 Å². The highest BCUT2D eigenvalue weighted by atomic mass is 35.5. The first kappa shape index (κ1) is 22.9. The van der Waals surface area contributed by atoms with Crippen LogP contribution in [0.3, 0.4) is 0 Å². The number of furan rings is 1. The van der Waals surface area contributed by atoms with E-state index in [-0.39, 0.29) is 11.7 Å². The Balaban J connectivity index is 1.50. The molecule has 9 nitrogen and oxygen atoms in total.